The molecule has 130 valence electrons. The smallest absolute Gasteiger partial charge is 0.236 e. The molecule has 0 unspecified atom stereocenters. The third kappa shape index (κ3) is 4.40. The highest BCUT2D eigenvalue weighted by atomic mass is 32.2. The van der Waals surface area contributed by atoms with Gasteiger partial charge in [0.25, 0.3) is 0 Å². The predicted octanol–water partition coefficient (Wildman–Crippen LogP) is 2.55. The number of ether oxygens (including phenoxy) is 1. The number of nitrogens with zero attached hydrogens (tertiary/aromatic N) is 1. The molecule has 1 aliphatic heterocycles. The first-order chi connectivity index (χ1) is 11.4. The van der Waals surface area contributed by atoms with Crippen molar-refractivity contribution in [3.05, 3.63) is 18.2 Å². The van der Waals surface area contributed by atoms with Crippen LogP contribution in [0, 0.1) is 0 Å². The zero-order valence-corrected chi connectivity index (χ0v) is 15.6. The van der Waals surface area contributed by atoms with Crippen molar-refractivity contribution in [1.29, 1.82) is 0 Å². The maximum Gasteiger partial charge on any atom is 0.236 e. The first-order valence-electron chi connectivity index (χ1n) is 7.60. The Kier molecular flexibility index (Phi) is 5.31. The Morgan fingerprint density at radius 2 is 2.33 bits per heavy atom. The van der Waals surface area contributed by atoms with Gasteiger partial charge in [0.1, 0.15) is 5.75 Å². The molecule has 1 fully saturated rings. The minimum absolute atomic E-state index is 0.0184. The second-order valence-electron chi connectivity index (χ2n) is 5.47. The average molecular weight is 387 g/mol. The van der Waals surface area contributed by atoms with Crippen LogP contribution in [0.15, 0.2) is 18.2 Å². The molecule has 0 saturated carbocycles. The van der Waals surface area contributed by atoms with Crippen LogP contribution in [0.2, 0.25) is 0 Å². The number of nitrogens with one attached hydrogen (secondary N) is 1. The van der Waals surface area contributed by atoms with Gasteiger partial charge in [0.15, 0.2) is 15.0 Å². The molecule has 2 aromatic rings. The van der Waals surface area contributed by atoms with E-state index in [0.717, 1.165) is 16.0 Å². The van der Waals surface area contributed by atoms with Crippen LogP contribution < -0.4 is 10.1 Å². The van der Waals surface area contributed by atoms with Crippen LogP contribution in [0.1, 0.15) is 13.3 Å². The lowest BCUT2D eigenvalue weighted by Gasteiger charge is -2.06. The summed E-state index contributed by atoms with van der Waals surface area (Å²) in [6.07, 6.45) is 0.627. The third-order valence-corrected chi connectivity index (χ3v) is 7.77. The second-order valence-corrected chi connectivity index (χ2v) is 10.0. The monoisotopic (exact) mass is 386 g/mol. The van der Waals surface area contributed by atoms with Crippen molar-refractivity contribution in [2.45, 2.75) is 18.6 Å². The van der Waals surface area contributed by atoms with Crippen molar-refractivity contribution < 1.29 is 17.9 Å². The van der Waals surface area contributed by atoms with E-state index in [1.807, 2.05) is 25.1 Å². The van der Waals surface area contributed by atoms with Crippen molar-refractivity contribution in [3.63, 3.8) is 0 Å². The van der Waals surface area contributed by atoms with Crippen LogP contribution in [0.4, 0.5) is 5.13 Å². The van der Waals surface area contributed by atoms with E-state index >= 15 is 0 Å². The number of carbonyl (C=O) groups excluding carboxylic acids is 1. The maximum absolute atomic E-state index is 12.0. The number of benzene rings is 1. The Morgan fingerprint density at radius 1 is 1.50 bits per heavy atom. The molecule has 6 nitrogen and oxygen atoms in total. The van der Waals surface area contributed by atoms with Gasteiger partial charge in [-0.25, -0.2) is 13.4 Å². The Labute approximate surface area is 148 Å². The van der Waals surface area contributed by atoms with E-state index in [9.17, 15) is 13.2 Å². The van der Waals surface area contributed by atoms with Gasteiger partial charge in [-0.1, -0.05) is 11.3 Å². The summed E-state index contributed by atoms with van der Waals surface area (Å²) in [7, 11) is -2.90. The molecule has 0 bridgehead atoms. The molecule has 1 amide bonds. The fourth-order valence-electron chi connectivity index (χ4n) is 2.46. The minimum Gasteiger partial charge on any atom is -0.494 e. The van der Waals surface area contributed by atoms with E-state index in [1.54, 1.807) is 0 Å². The highest BCUT2D eigenvalue weighted by Gasteiger charge is 2.28. The summed E-state index contributed by atoms with van der Waals surface area (Å²) in [5.41, 5.74) is 0.813. The van der Waals surface area contributed by atoms with Crippen molar-refractivity contribution in [2.24, 2.45) is 0 Å². The highest BCUT2D eigenvalue weighted by Crippen LogP contribution is 2.30. The number of hydrogen-bond donors (Lipinski definition) is 1. The lowest BCUT2D eigenvalue weighted by molar-refractivity contribution is -0.113. The van der Waals surface area contributed by atoms with Gasteiger partial charge in [0, 0.05) is 5.25 Å². The molecule has 9 heteroatoms. The Balaban J connectivity index is 1.57. The van der Waals surface area contributed by atoms with Crippen molar-refractivity contribution in [1.82, 2.24) is 4.98 Å². The molecule has 2 heterocycles. The molecule has 1 aliphatic rings. The Hall–Kier alpha value is -1.32. The highest BCUT2D eigenvalue weighted by molar-refractivity contribution is 8.02. The maximum atomic E-state index is 12.0. The second kappa shape index (κ2) is 7.28. The fraction of sp³-hybridized carbons (Fsp3) is 0.467. The van der Waals surface area contributed by atoms with Crippen molar-refractivity contribution in [2.75, 3.05) is 29.2 Å². The van der Waals surface area contributed by atoms with Crippen molar-refractivity contribution >= 4 is 54.2 Å². The molecule has 0 spiro atoms. The van der Waals surface area contributed by atoms with Gasteiger partial charge < -0.3 is 10.1 Å². The number of carbonyl (C=O) groups is 1. The number of sulfone groups is 1. The predicted molar refractivity (Wildman–Crippen MR) is 98.9 cm³/mol. The van der Waals surface area contributed by atoms with Gasteiger partial charge in [-0.15, -0.1) is 11.8 Å². The fourth-order valence-corrected chi connectivity index (χ4v) is 6.81. The van der Waals surface area contributed by atoms with Gasteiger partial charge in [-0.2, -0.15) is 0 Å². The summed E-state index contributed by atoms with van der Waals surface area (Å²) in [4.78, 5) is 16.4. The van der Waals surface area contributed by atoms with E-state index in [-0.39, 0.29) is 28.4 Å². The number of rotatable bonds is 6. The van der Waals surface area contributed by atoms with E-state index in [4.69, 9.17) is 4.74 Å². The average Bonchev–Trinajstić information content (AvgIpc) is 3.07. The first kappa shape index (κ1) is 17.5. The van der Waals surface area contributed by atoms with Crippen LogP contribution in [0.5, 0.6) is 5.75 Å². The molecule has 1 N–H and O–H groups in total. The number of thioether (sulfide) groups is 1. The third-order valence-electron chi connectivity index (χ3n) is 3.56. The van der Waals surface area contributed by atoms with Gasteiger partial charge in [0.2, 0.25) is 5.91 Å². The van der Waals surface area contributed by atoms with Crippen molar-refractivity contribution in [3.8, 4) is 5.75 Å². The Bertz CT molecular complexity index is 848. The molecule has 1 aromatic carbocycles. The van der Waals surface area contributed by atoms with Gasteiger partial charge in [-0.05, 0) is 31.5 Å². The van der Waals surface area contributed by atoms with Gasteiger partial charge in [-0.3, -0.25) is 4.79 Å². The summed E-state index contributed by atoms with van der Waals surface area (Å²) in [6, 6.07) is 5.63. The molecule has 1 saturated heterocycles. The van der Waals surface area contributed by atoms with Crippen LogP contribution in [0.25, 0.3) is 10.2 Å². The number of thiazole rings is 1. The number of aromatic nitrogens is 1. The van der Waals surface area contributed by atoms with Crippen LogP contribution in [-0.2, 0) is 14.6 Å². The summed E-state index contributed by atoms with van der Waals surface area (Å²) in [5.74, 6) is 1.26. The van der Waals surface area contributed by atoms with Crippen LogP contribution in [0.3, 0.4) is 0 Å². The summed E-state index contributed by atoms with van der Waals surface area (Å²) >= 11 is 2.79. The van der Waals surface area contributed by atoms with Crippen LogP contribution >= 0.6 is 23.1 Å². The minimum atomic E-state index is -2.90. The number of anilines is 1. The molecule has 0 radical (unpaired) electrons. The summed E-state index contributed by atoms with van der Waals surface area (Å²) < 4.78 is 29.2. The molecule has 3 rings (SSSR count). The van der Waals surface area contributed by atoms with Crippen LogP contribution in [-0.4, -0.2) is 48.4 Å². The normalized spacial score (nSPS) is 19.5. The zero-order chi connectivity index (χ0) is 17.2. The number of hydrogen-bond acceptors (Lipinski definition) is 7. The number of amides is 1. The lowest BCUT2D eigenvalue weighted by atomic mass is 10.3. The first-order valence-corrected chi connectivity index (χ1v) is 11.3. The lowest BCUT2D eigenvalue weighted by Crippen LogP contribution is -2.17. The van der Waals surface area contributed by atoms with E-state index in [1.165, 1.54) is 23.1 Å². The topological polar surface area (TPSA) is 85.4 Å². The quantitative estimate of drug-likeness (QED) is 0.821. The number of fused-ring (bicyclic) bond motifs is 1. The van der Waals surface area contributed by atoms with E-state index < -0.39 is 9.84 Å². The zero-order valence-electron chi connectivity index (χ0n) is 13.1. The van der Waals surface area contributed by atoms with Gasteiger partial charge >= 0.3 is 0 Å². The van der Waals surface area contributed by atoms with E-state index in [0.29, 0.717) is 18.2 Å². The summed E-state index contributed by atoms with van der Waals surface area (Å²) in [6.45, 7) is 2.53. The standard InChI is InChI=1S/C15H18N2O4S3/c1-2-21-10-3-4-12-13(7-10)23-15(16-12)17-14(18)8-22-11-5-6-24(19,20)9-11/h3-4,7,11H,2,5-6,8-9H2,1H3,(H,16,17,18)/t11-/m0/s1. The molecular formula is C15H18N2O4S3. The van der Waals surface area contributed by atoms with Gasteiger partial charge in [0.05, 0.1) is 34.1 Å². The summed E-state index contributed by atoms with van der Waals surface area (Å²) in [5, 5.41) is 3.35. The molecule has 1 aromatic heterocycles. The Morgan fingerprint density at radius 3 is 3.04 bits per heavy atom. The van der Waals surface area contributed by atoms with E-state index in [2.05, 4.69) is 10.3 Å². The molecule has 24 heavy (non-hydrogen) atoms. The largest absolute Gasteiger partial charge is 0.494 e. The molecule has 0 aliphatic carbocycles. The molecular weight excluding hydrogens is 368 g/mol. The molecule has 1 atom stereocenters. The SMILES string of the molecule is CCOc1ccc2nc(NC(=O)CS[C@H]3CCS(=O)(=O)C3)sc2c1.